The van der Waals surface area contributed by atoms with Gasteiger partial charge in [-0.25, -0.2) is 0 Å². The maximum atomic E-state index is 9.44. The molecule has 0 aliphatic carbocycles. The van der Waals surface area contributed by atoms with Gasteiger partial charge in [-0.05, 0) is 19.1 Å². The third-order valence-electron chi connectivity index (χ3n) is 2.39. The van der Waals surface area contributed by atoms with E-state index in [0.29, 0.717) is 18.3 Å². The van der Waals surface area contributed by atoms with Gasteiger partial charge in [-0.15, -0.1) is 11.6 Å². The fraction of sp³-hybridized carbons (Fsp3) is 0.333. The first-order chi connectivity index (χ1) is 8.70. The molecule has 1 heterocycles. The van der Waals surface area contributed by atoms with Gasteiger partial charge in [0.1, 0.15) is 0 Å². The number of nitrogens with zero attached hydrogens (tertiary/aromatic N) is 2. The van der Waals surface area contributed by atoms with E-state index in [1.54, 1.807) is 6.92 Å². The number of aliphatic hydroxyl groups is 1. The van der Waals surface area contributed by atoms with Crippen LogP contribution in [0.5, 0.6) is 0 Å². The van der Waals surface area contributed by atoms with Gasteiger partial charge < -0.3 is 14.9 Å². The standard InChI is InChI=1S/C12H14ClN3O2/c1-8-15-12(18-16-8)10-4-2-3-5-11(10)14-7-9(17)6-13/h2-5,9,14,17H,6-7H2,1H3. The second kappa shape index (κ2) is 5.84. The highest BCUT2D eigenvalue weighted by molar-refractivity contribution is 6.18. The number of alkyl halides is 1. The molecule has 0 saturated heterocycles. The van der Waals surface area contributed by atoms with Gasteiger partial charge >= 0.3 is 0 Å². The molecule has 6 heteroatoms. The molecule has 0 bridgehead atoms. The molecule has 1 aromatic carbocycles. The van der Waals surface area contributed by atoms with Crippen LogP contribution >= 0.6 is 11.6 Å². The molecule has 0 saturated carbocycles. The number of rotatable bonds is 5. The summed E-state index contributed by atoms with van der Waals surface area (Å²) in [7, 11) is 0. The fourth-order valence-corrected chi connectivity index (χ4v) is 1.62. The second-order valence-corrected chi connectivity index (χ2v) is 4.19. The predicted octanol–water partition coefficient (Wildman–Crippen LogP) is 2.06. The van der Waals surface area contributed by atoms with Crippen LogP contribution in [0, 0.1) is 6.92 Å². The minimum atomic E-state index is -0.593. The number of aryl methyl sites for hydroxylation is 1. The molecule has 0 fully saturated rings. The zero-order valence-electron chi connectivity index (χ0n) is 9.93. The van der Waals surface area contributed by atoms with Gasteiger partial charge in [0.25, 0.3) is 5.89 Å². The summed E-state index contributed by atoms with van der Waals surface area (Å²) >= 11 is 5.55. The van der Waals surface area contributed by atoms with Crippen molar-refractivity contribution < 1.29 is 9.63 Å². The molecule has 0 radical (unpaired) electrons. The van der Waals surface area contributed by atoms with Gasteiger partial charge in [0.15, 0.2) is 5.82 Å². The van der Waals surface area contributed by atoms with Gasteiger partial charge in [-0.1, -0.05) is 17.3 Å². The summed E-state index contributed by atoms with van der Waals surface area (Å²) in [5.41, 5.74) is 1.63. The average Bonchev–Trinajstić information content (AvgIpc) is 2.83. The number of benzene rings is 1. The molecule has 0 spiro atoms. The lowest BCUT2D eigenvalue weighted by Crippen LogP contribution is -2.21. The summed E-state index contributed by atoms with van der Waals surface area (Å²) in [6.45, 7) is 2.13. The Balaban J connectivity index is 2.20. The van der Waals surface area contributed by atoms with Crippen molar-refractivity contribution in [3.05, 3.63) is 30.1 Å². The third kappa shape index (κ3) is 3.00. The molecule has 2 rings (SSSR count). The average molecular weight is 268 g/mol. The Hall–Kier alpha value is -1.59. The molecule has 2 N–H and O–H groups in total. The van der Waals surface area contributed by atoms with E-state index < -0.39 is 6.10 Å². The van der Waals surface area contributed by atoms with Crippen molar-refractivity contribution in [2.75, 3.05) is 17.7 Å². The Morgan fingerprint density at radius 3 is 2.89 bits per heavy atom. The maximum Gasteiger partial charge on any atom is 0.260 e. The monoisotopic (exact) mass is 267 g/mol. The summed E-state index contributed by atoms with van der Waals surface area (Å²) in [5, 5.41) is 16.3. The molecular formula is C12H14ClN3O2. The van der Waals surface area contributed by atoms with Crippen molar-refractivity contribution in [2.45, 2.75) is 13.0 Å². The number of halogens is 1. The largest absolute Gasteiger partial charge is 0.390 e. The molecule has 96 valence electrons. The lowest BCUT2D eigenvalue weighted by molar-refractivity contribution is 0.211. The van der Waals surface area contributed by atoms with Crippen LogP contribution in [0.1, 0.15) is 5.82 Å². The summed E-state index contributed by atoms with van der Waals surface area (Å²) in [6.07, 6.45) is -0.593. The lowest BCUT2D eigenvalue weighted by Gasteiger charge is -2.12. The maximum absolute atomic E-state index is 9.44. The van der Waals surface area contributed by atoms with E-state index in [0.717, 1.165) is 11.3 Å². The van der Waals surface area contributed by atoms with Crippen LogP contribution in [-0.2, 0) is 0 Å². The van der Waals surface area contributed by atoms with E-state index in [-0.39, 0.29) is 5.88 Å². The molecule has 0 aliphatic heterocycles. The molecule has 5 nitrogen and oxygen atoms in total. The molecule has 1 aromatic heterocycles. The summed E-state index contributed by atoms with van der Waals surface area (Å²) < 4.78 is 5.13. The summed E-state index contributed by atoms with van der Waals surface area (Å²) in [4.78, 5) is 4.18. The number of para-hydroxylation sites is 1. The SMILES string of the molecule is Cc1noc(-c2ccccc2NCC(O)CCl)n1. The van der Waals surface area contributed by atoms with E-state index >= 15 is 0 Å². The number of anilines is 1. The second-order valence-electron chi connectivity index (χ2n) is 3.88. The van der Waals surface area contributed by atoms with Crippen LogP contribution in [0.25, 0.3) is 11.5 Å². The van der Waals surface area contributed by atoms with Crippen LogP contribution in [0.2, 0.25) is 0 Å². The van der Waals surface area contributed by atoms with E-state index in [2.05, 4.69) is 15.5 Å². The molecule has 2 aromatic rings. The molecule has 0 aliphatic rings. The Labute approximate surface area is 110 Å². The minimum absolute atomic E-state index is 0.189. The van der Waals surface area contributed by atoms with Crippen molar-refractivity contribution in [3.8, 4) is 11.5 Å². The molecule has 1 unspecified atom stereocenters. The van der Waals surface area contributed by atoms with E-state index in [4.69, 9.17) is 16.1 Å². The number of nitrogens with one attached hydrogen (secondary N) is 1. The first-order valence-electron chi connectivity index (χ1n) is 5.58. The summed E-state index contributed by atoms with van der Waals surface area (Å²) in [6, 6.07) is 7.54. The highest BCUT2D eigenvalue weighted by Crippen LogP contribution is 2.26. The van der Waals surface area contributed by atoms with Crippen LogP contribution in [-0.4, -0.2) is 33.8 Å². The molecule has 18 heavy (non-hydrogen) atoms. The highest BCUT2D eigenvalue weighted by atomic mass is 35.5. The number of hydrogen-bond donors (Lipinski definition) is 2. The van der Waals surface area contributed by atoms with E-state index in [1.807, 2.05) is 24.3 Å². The van der Waals surface area contributed by atoms with Gasteiger partial charge in [0, 0.05) is 12.2 Å². The molecular weight excluding hydrogens is 254 g/mol. The Morgan fingerprint density at radius 2 is 2.22 bits per heavy atom. The van der Waals surface area contributed by atoms with E-state index in [1.165, 1.54) is 0 Å². The van der Waals surface area contributed by atoms with Gasteiger partial charge in [-0.3, -0.25) is 0 Å². The van der Waals surface area contributed by atoms with Gasteiger partial charge in [0.2, 0.25) is 0 Å². The highest BCUT2D eigenvalue weighted by Gasteiger charge is 2.11. The molecule has 1 atom stereocenters. The normalized spacial score (nSPS) is 12.4. The Bertz CT molecular complexity index is 516. The van der Waals surface area contributed by atoms with Crippen LogP contribution in [0.15, 0.2) is 28.8 Å². The van der Waals surface area contributed by atoms with Crippen LogP contribution in [0.4, 0.5) is 5.69 Å². The van der Waals surface area contributed by atoms with Crippen molar-refractivity contribution in [2.24, 2.45) is 0 Å². The van der Waals surface area contributed by atoms with Crippen molar-refractivity contribution >= 4 is 17.3 Å². The lowest BCUT2D eigenvalue weighted by atomic mass is 10.1. The zero-order chi connectivity index (χ0) is 13.0. The Kier molecular flexibility index (Phi) is 4.17. The first-order valence-corrected chi connectivity index (χ1v) is 6.11. The number of aliphatic hydroxyl groups excluding tert-OH is 1. The molecule has 0 amide bonds. The van der Waals surface area contributed by atoms with Gasteiger partial charge in [-0.2, -0.15) is 4.98 Å². The zero-order valence-corrected chi connectivity index (χ0v) is 10.7. The predicted molar refractivity (Wildman–Crippen MR) is 69.7 cm³/mol. The fourth-order valence-electron chi connectivity index (χ4n) is 1.51. The Morgan fingerprint density at radius 1 is 1.44 bits per heavy atom. The van der Waals surface area contributed by atoms with Crippen molar-refractivity contribution in [3.63, 3.8) is 0 Å². The topological polar surface area (TPSA) is 71.2 Å². The summed E-state index contributed by atoms with van der Waals surface area (Å²) in [5.74, 6) is 1.23. The quantitative estimate of drug-likeness (QED) is 0.812. The first kappa shape index (κ1) is 12.9. The van der Waals surface area contributed by atoms with Crippen LogP contribution < -0.4 is 5.32 Å². The smallest absolute Gasteiger partial charge is 0.260 e. The number of hydrogen-bond acceptors (Lipinski definition) is 5. The number of aromatic nitrogens is 2. The van der Waals surface area contributed by atoms with E-state index in [9.17, 15) is 5.11 Å². The third-order valence-corrected chi connectivity index (χ3v) is 2.75. The van der Waals surface area contributed by atoms with Crippen LogP contribution in [0.3, 0.4) is 0 Å². The van der Waals surface area contributed by atoms with Gasteiger partial charge in [0.05, 0.1) is 17.5 Å². The van der Waals surface area contributed by atoms with Crippen molar-refractivity contribution in [1.29, 1.82) is 0 Å². The van der Waals surface area contributed by atoms with Crippen molar-refractivity contribution in [1.82, 2.24) is 10.1 Å². The minimum Gasteiger partial charge on any atom is -0.390 e.